The van der Waals surface area contributed by atoms with Gasteiger partial charge in [-0.1, -0.05) is 0 Å². The van der Waals surface area contributed by atoms with Crippen molar-refractivity contribution in [3.05, 3.63) is 0 Å². The summed E-state index contributed by atoms with van der Waals surface area (Å²) in [7, 11) is 0. The van der Waals surface area contributed by atoms with E-state index in [1.54, 1.807) is 0 Å². The van der Waals surface area contributed by atoms with Gasteiger partial charge in [0.05, 0.1) is 0 Å². The second kappa shape index (κ2) is 4.06. The van der Waals surface area contributed by atoms with Crippen molar-refractivity contribution in [3.8, 4) is 0 Å². The van der Waals surface area contributed by atoms with Crippen LogP contribution in [-0.2, 0) is 14.4 Å². The van der Waals surface area contributed by atoms with Crippen LogP contribution in [0, 0.1) is 0 Å². The van der Waals surface area contributed by atoms with Crippen LogP contribution < -0.4 is 10.8 Å². The van der Waals surface area contributed by atoms with Crippen LogP contribution in [0.4, 0.5) is 0 Å². The average Bonchev–Trinajstić information content (AvgIpc) is 2.51. The number of hydroxylamine groups is 1. The van der Waals surface area contributed by atoms with Gasteiger partial charge in [-0.05, 0) is 19.4 Å². The third-order valence-corrected chi connectivity index (χ3v) is 1.64. The predicted molar refractivity (Wildman–Crippen MR) is 40.9 cm³/mol. The maximum absolute atomic E-state index is 11.1. The lowest BCUT2D eigenvalue weighted by Crippen LogP contribution is -2.37. The highest BCUT2D eigenvalue weighted by Crippen LogP contribution is 2.05. The largest absolute Gasteiger partial charge is 0.348 e. The van der Waals surface area contributed by atoms with Crippen LogP contribution in [-0.4, -0.2) is 24.5 Å². The van der Waals surface area contributed by atoms with Gasteiger partial charge in [-0.3, -0.25) is 4.79 Å². The van der Waals surface area contributed by atoms with E-state index in [0.29, 0.717) is 0 Å². The van der Waals surface area contributed by atoms with Crippen molar-refractivity contribution >= 4 is 11.9 Å². The van der Waals surface area contributed by atoms with E-state index in [-0.39, 0.29) is 11.9 Å². The van der Waals surface area contributed by atoms with Gasteiger partial charge < -0.3 is 10.2 Å². The SMILES string of the molecule is CC(=O)NOC(=O)[C@@H]1CCCN1. The lowest BCUT2D eigenvalue weighted by molar-refractivity contribution is -0.159. The van der Waals surface area contributed by atoms with Gasteiger partial charge >= 0.3 is 5.97 Å². The summed E-state index contributed by atoms with van der Waals surface area (Å²) < 4.78 is 0. The van der Waals surface area contributed by atoms with Crippen LogP contribution in [0.15, 0.2) is 0 Å². The third-order valence-electron chi connectivity index (χ3n) is 1.64. The van der Waals surface area contributed by atoms with E-state index in [2.05, 4.69) is 10.2 Å². The summed E-state index contributed by atoms with van der Waals surface area (Å²) in [5, 5.41) is 2.95. The highest BCUT2D eigenvalue weighted by atomic mass is 16.7. The lowest BCUT2D eigenvalue weighted by atomic mass is 10.2. The number of hydrogen-bond donors (Lipinski definition) is 2. The van der Waals surface area contributed by atoms with Crippen LogP contribution >= 0.6 is 0 Å². The maximum atomic E-state index is 11.1. The molecule has 0 radical (unpaired) electrons. The van der Waals surface area contributed by atoms with Crippen LogP contribution in [0.2, 0.25) is 0 Å². The number of rotatable bonds is 1. The number of nitrogens with one attached hydrogen (secondary N) is 2. The second-order valence-electron chi connectivity index (χ2n) is 2.73. The molecule has 68 valence electrons. The monoisotopic (exact) mass is 172 g/mol. The molecule has 1 amide bonds. The molecule has 0 saturated carbocycles. The Morgan fingerprint density at radius 2 is 2.33 bits per heavy atom. The molecule has 5 nitrogen and oxygen atoms in total. The summed E-state index contributed by atoms with van der Waals surface area (Å²) in [4.78, 5) is 25.9. The van der Waals surface area contributed by atoms with E-state index >= 15 is 0 Å². The van der Waals surface area contributed by atoms with E-state index in [9.17, 15) is 9.59 Å². The molecule has 0 aromatic heterocycles. The number of amides is 1. The standard InChI is InChI=1S/C7H12N2O3/c1-5(10)9-12-7(11)6-3-2-4-8-6/h6,8H,2-4H2,1H3,(H,9,10)/t6-/m0/s1. The summed E-state index contributed by atoms with van der Waals surface area (Å²) in [6.07, 6.45) is 1.75. The highest BCUT2D eigenvalue weighted by Gasteiger charge is 2.23. The summed E-state index contributed by atoms with van der Waals surface area (Å²) in [5.41, 5.74) is 1.99. The van der Waals surface area contributed by atoms with Crippen LogP contribution in [0.25, 0.3) is 0 Å². The summed E-state index contributed by atoms with van der Waals surface area (Å²) >= 11 is 0. The number of carbonyl (C=O) groups is 2. The van der Waals surface area contributed by atoms with Gasteiger partial charge in [0.25, 0.3) is 0 Å². The second-order valence-corrected chi connectivity index (χ2v) is 2.73. The van der Waals surface area contributed by atoms with Gasteiger partial charge in [0, 0.05) is 6.92 Å². The van der Waals surface area contributed by atoms with Gasteiger partial charge in [0.15, 0.2) is 0 Å². The molecule has 5 heteroatoms. The van der Waals surface area contributed by atoms with E-state index in [1.165, 1.54) is 6.92 Å². The zero-order chi connectivity index (χ0) is 8.97. The Morgan fingerprint density at radius 3 is 2.83 bits per heavy atom. The molecular weight excluding hydrogens is 160 g/mol. The molecule has 1 aliphatic rings. The number of carbonyl (C=O) groups excluding carboxylic acids is 2. The van der Waals surface area contributed by atoms with Crippen molar-refractivity contribution < 1.29 is 14.4 Å². The molecule has 1 heterocycles. The van der Waals surface area contributed by atoms with Crippen molar-refractivity contribution in [1.82, 2.24) is 10.8 Å². The Kier molecular flexibility index (Phi) is 3.04. The third kappa shape index (κ3) is 2.50. The van der Waals surface area contributed by atoms with Gasteiger partial charge in [0.1, 0.15) is 6.04 Å². The Balaban J connectivity index is 2.23. The zero-order valence-corrected chi connectivity index (χ0v) is 6.92. The molecule has 12 heavy (non-hydrogen) atoms. The maximum Gasteiger partial charge on any atom is 0.348 e. The first-order valence-corrected chi connectivity index (χ1v) is 3.91. The first kappa shape index (κ1) is 8.99. The average molecular weight is 172 g/mol. The normalized spacial score (nSPS) is 21.9. The van der Waals surface area contributed by atoms with Gasteiger partial charge in [-0.15, -0.1) is 0 Å². The topological polar surface area (TPSA) is 67.4 Å². The molecule has 0 unspecified atom stereocenters. The summed E-state index contributed by atoms with van der Waals surface area (Å²) in [6, 6.07) is -0.253. The fourth-order valence-corrected chi connectivity index (χ4v) is 1.08. The van der Waals surface area contributed by atoms with Crippen LogP contribution in [0.5, 0.6) is 0 Å². The fourth-order valence-electron chi connectivity index (χ4n) is 1.08. The molecule has 0 spiro atoms. The molecule has 1 saturated heterocycles. The minimum Gasteiger partial charge on any atom is -0.339 e. The molecular formula is C7H12N2O3. The van der Waals surface area contributed by atoms with E-state index in [0.717, 1.165) is 19.4 Å². The molecule has 0 aromatic carbocycles. The predicted octanol–water partition coefficient (Wildman–Crippen LogP) is -0.667. The smallest absolute Gasteiger partial charge is 0.339 e. The first-order chi connectivity index (χ1) is 5.70. The molecule has 2 N–H and O–H groups in total. The minimum atomic E-state index is -0.414. The Hall–Kier alpha value is -1.10. The molecule has 1 fully saturated rings. The molecule has 1 rings (SSSR count). The van der Waals surface area contributed by atoms with Gasteiger partial charge in [-0.25, -0.2) is 4.79 Å². The van der Waals surface area contributed by atoms with Gasteiger partial charge in [-0.2, -0.15) is 5.48 Å². The first-order valence-electron chi connectivity index (χ1n) is 3.91. The molecule has 1 atom stereocenters. The summed E-state index contributed by atoms with van der Waals surface area (Å²) in [6.45, 7) is 2.12. The lowest BCUT2D eigenvalue weighted by Gasteiger charge is -2.08. The van der Waals surface area contributed by atoms with Crippen LogP contribution in [0.3, 0.4) is 0 Å². The van der Waals surface area contributed by atoms with E-state index in [4.69, 9.17) is 0 Å². The molecule has 0 aliphatic carbocycles. The summed E-state index contributed by atoms with van der Waals surface area (Å²) in [5.74, 6) is -0.788. The van der Waals surface area contributed by atoms with Crippen molar-refractivity contribution in [3.63, 3.8) is 0 Å². The zero-order valence-electron chi connectivity index (χ0n) is 6.92. The van der Waals surface area contributed by atoms with Crippen molar-refractivity contribution in [2.45, 2.75) is 25.8 Å². The Morgan fingerprint density at radius 1 is 1.58 bits per heavy atom. The quantitative estimate of drug-likeness (QED) is 0.515. The van der Waals surface area contributed by atoms with Crippen molar-refractivity contribution in [2.24, 2.45) is 0 Å². The van der Waals surface area contributed by atoms with E-state index in [1.807, 2.05) is 5.48 Å². The van der Waals surface area contributed by atoms with E-state index < -0.39 is 5.97 Å². The van der Waals surface area contributed by atoms with Crippen molar-refractivity contribution in [1.29, 1.82) is 0 Å². The Labute approximate surface area is 70.4 Å². The van der Waals surface area contributed by atoms with Gasteiger partial charge in [0.2, 0.25) is 5.91 Å². The molecule has 1 aliphatic heterocycles. The Bertz CT molecular complexity index is 187. The number of hydrogen-bond acceptors (Lipinski definition) is 4. The van der Waals surface area contributed by atoms with Crippen molar-refractivity contribution in [2.75, 3.05) is 6.54 Å². The van der Waals surface area contributed by atoms with Crippen LogP contribution in [0.1, 0.15) is 19.8 Å². The highest BCUT2D eigenvalue weighted by molar-refractivity contribution is 5.79. The molecule has 0 bridgehead atoms. The fraction of sp³-hybridized carbons (Fsp3) is 0.714. The minimum absolute atomic E-state index is 0.253. The molecule has 0 aromatic rings.